The number of amides is 1. The molecular formula is C21H22N2O3S. The molecule has 0 radical (unpaired) electrons. The highest BCUT2D eigenvalue weighted by atomic mass is 32.1. The molecule has 0 atom stereocenters. The van der Waals surface area contributed by atoms with E-state index in [1.165, 1.54) is 16.9 Å². The molecule has 2 heterocycles. The predicted molar refractivity (Wildman–Crippen MR) is 107 cm³/mol. The Bertz CT molecular complexity index is 1050. The van der Waals surface area contributed by atoms with Gasteiger partial charge in [0.05, 0.1) is 16.6 Å². The lowest BCUT2D eigenvalue weighted by molar-refractivity contribution is -0.117. The van der Waals surface area contributed by atoms with Gasteiger partial charge in [-0.25, -0.2) is 0 Å². The van der Waals surface area contributed by atoms with Gasteiger partial charge in [0, 0.05) is 18.7 Å². The Kier molecular flexibility index (Phi) is 4.99. The van der Waals surface area contributed by atoms with Crippen molar-refractivity contribution in [1.82, 2.24) is 4.57 Å². The maximum atomic E-state index is 12.5. The van der Waals surface area contributed by atoms with E-state index in [4.69, 9.17) is 9.47 Å². The van der Waals surface area contributed by atoms with Crippen LogP contribution in [0.4, 0.5) is 0 Å². The van der Waals surface area contributed by atoms with E-state index in [0.717, 1.165) is 40.2 Å². The molecule has 5 nitrogen and oxygen atoms in total. The smallest absolute Gasteiger partial charge is 0.252 e. The summed E-state index contributed by atoms with van der Waals surface area (Å²) in [6.45, 7) is 6.02. The highest BCUT2D eigenvalue weighted by molar-refractivity contribution is 7.16. The lowest BCUT2D eigenvalue weighted by Gasteiger charge is -2.18. The normalized spacial score (nSPS) is 13.9. The summed E-state index contributed by atoms with van der Waals surface area (Å²) in [5, 5.41) is 0. The van der Waals surface area contributed by atoms with Crippen molar-refractivity contribution < 1.29 is 14.3 Å². The quantitative estimate of drug-likeness (QED) is 0.691. The van der Waals surface area contributed by atoms with Crippen LogP contribution in [-0.4, -0.2) is 23.7 Å². The Morgan fingerprint density at radius 1 is 1.07 bits per heavy atom. The van der Waals surface area contributed by atoms with Crippen LogP contribution in [0.2, 0.25) is 0 Å². The van der Waals surface area contributed by atoms with E-state index in [9.17, 15) is 4.79 Å². The molecule has 2 aromatic carbocycles. The first-order valence-corrected chi connectivity index (χ1v) is 10.1. The minimum absolute atomic E-state index is 0.134. The molecule has 0 fully saturated rings. The van der Waals surface area contributed by atoms with Crippen molar-refractivity contribution in [2.45, 2.75) is 33.2 Å². The fourth-order valence-electron chi connectivity index (χ4n) is 3.21. The van der Waals surface area contributed by atoms with Crippen molar-refractivity contribution >= 4 is 27.5 Å². The monoisotopic (exact) mass is 382 g/mol. The molecule has 0 bridgehead atoms. The number of rotatable bonds is 4. The molecule has 1 aliphatic heterocycles. The van der Waals surface area contributed by atoms with Crippen LogP contribution in [-0.2, 0) is 24.2 Å². The summed E-state index contributed by atoms with van der Waals surface area (Å²) < 4.78 is 14.4. The Labute approximate surface area is 161 Å². The van der Waals surface area contributed by atoms with Crippen LogP contribution in [0, 0.1) is 0 Å². The zero-order chi connectivity index (χ0) is 18.8. The molecule has 1 amide bonds. The third-order valence-electron chi connectivity index (χ3n) is 4.67. The number of aromatic nitrogens is 1. The Morgan fingerprint density at radius 3 is 2.41 bits per heavy atom. The van der Waals surface area contributed by atoms with Crippen molar-refractivity contribution in [2.75, 3.05) is 13.2 Å². The number of ether oxygens (including phenoxy) is 2. The number of thiazole rings is 1. The highest BCUT2D eigenvalue weighted by Crippen LogP contribution is 2.35. The number of hydrogen-bond acceptors (Lipinski definition) is 4. The lowest BCUT2D eigenvalue weighted by Crippen LogP contribution is -2.17. The van der Waals surface area contributed by atoms with E-state index in [-0.39, 0.29) is 5.91 Å². The van der Waals surface area contributed by atoms with Gasteiger partial charge in [-0.05, 0) is 24.5 Å². The maximum absolute atomic E-state index is 12.5. The summed E-state index contributed by atoms with van der Waals surface area (Å²) in [7, 11) is 0. The van der Waals surface area contributed by atoms with E-state index in [0.29, 0.717) is 24.4 Å². The fraction of sp³-hybridized carbons (Fsp3) is 0.333. The van der Waals surface area contributed by atoms with Gasteiger partial charge in [0.2, 0.25) is 0 Å². The number of benzene rings is 2. The van der Waals surface area contributed by atoms with Gasteiger partial charge < -0.3 is 14.0 Å². The lowest BCUT2D eigenvalue weighted by atomic mass is 10.1. The van der Waals surface area contributed by atoms with Crippen LogP contribution in [0.5, 0.6) is 11.5 Å². The first-order valence-electron chi connectivity index (χ1n) is 9.26. The van der Waals surface area contributed by atoms with Gasteiger partial charge in [0.25, 0.3) is 5.91 Å². The first kappa shape index (κ1) is 17.8. The summed E-state index contributed by atoms with van der Waals surface area (Å²) >= 11 is 1.51. The fourth-order valence-corrected chi connectivity index (χ4v) is 4.33. The molecule has 27 heavy (non-hydrogen) atoms. The molecule has 0 saturated carbocycles. The van der Waals surface area contributed by atoms with Gasteiger partial charge in [-0.3, -0.25) is 4.79 Å². The third-order valence-corrected chi connectivity index (χ3v) is 5.71. The third kappa shape index (κ3) is 3.62. The van der Waals surface area contributed by atoms with Gasteiger partial charge in [-0.15, -0.1) is 0 Å². The topological polar surface area (TPSA) is 52.8 Å². The molecular weight excluding hydrogens is 360 g/mol. The molecule has 0 unspecified atom stereocenters. The Morgan fingerprint density at radius 2 is 1.74 bits per heavy atom. The molecule has 140 valence electrons. The summed E-state index contributed by atoms with van der Waals surface area (Å²) in [6.07, 6.45) is 1.30. The molecule has 3 aromatic rings. The van der Waals surface area contributed by atoms with Crippen molar-refractivity contribution in [3.05, 3.63) is 52.3 Å². The average Bonchev–Trinajstić information content (AvgIpc) is 3.02. The van der Waals surface area contributed by atoms with Crippen LogP contribution in [0.15, 0.2) is 41.4 Å². The number of hydrogen-bond donors (Lipinski definition) is 0. The number of aryl methyl sites for hydroxylation is 2. The summed E-state index contributed by atoms with van der Waals surface area (Å²) in [6, 6.07) is 12.1. The van der Waals surface area contributed by atoms with E-state index < -0.39 is 0 Å². The van der Waals surface area contributed by atoms with Gasteiger partial charge in [-0.2, -0.15) is 4.99 Å². The number of nitrogens with zero attached hydrogens (tertiary/aromatic N) is 2. The first-order chi connectivity index (χ1) is 13.2. The molecule has 4 rings (SSSR count). The number of carbonyl (C=O) groups excluding carboxylic acids is 1. The van der Waals surface area contributed by atoms with E-state index in [1.807, 2.05) is 24.3 Å². The molecule has 0 spiro atoms. The van der Waals surface area contributed by atoms with Gasteiger partial charge >= 0.3 is 0 Å². The van der Waals surface area contributed by atoms with Crippen LogP contribution in [0.1, 0.15) is 25.0 Å². The van der Waals surface area contributed by atoms with Gasteiger partial charge in [0.15, 0.2) is 16.3 Å². The SMILES string of the molecule is CCc1ccc(CC(=O)N=c2sc3cc4c(cc3n2CC)OCCO4)cc1. The zero-order valence-electron chi connectivity index (χ0n) is 15.5. The second-order valence-corrected chi connectivity index (χ2v) is 7.45. The standard InChI is InChI=1S/C21H22N2O3S/c1-3-14-5-7-15(8-6-14)11-20(24)22-21-23(4-2)16-12-17-18(13-19(16)27-21)26-10-9-25-17/h5-8,12-13H,3-4,9-11H2,1-2H3. The van der Waals surface area contributed by atoms with Crippen LogP contribution in [0.25, 0.3) is 10.2 Å². The average molecular weight is 382 g/mol. The van der Waals surface area contributed by atoms with E-state index >= 15 is 0 Å². The second kappa shape index (κ2) is 7.56. The molecule has 0 N–H and O–H groups in total. The van der Waals surface area contributed by atoms with Gasteiger partial charge in [-0.1, -0.05) is 42.5 Å². The number of fused-ring (bicyclic) bond motifs is 2. The second-order valence-electron chi connectivity index (χ2n) is 6.44. The van der Waals surface area contributed by atoms with Crippen molar-refractivity contribution in [3.8, 4) is 11.5 Å². The molecule has 0 aliphatic carbocycles. The molecule has 6 heteroatoms. The van der Waals surface area contributed by atoms with Crippen LogP contribution >= 0.6 is 11.3 Å². The number of carbonyl (C=O) groups is 1. The summed E-state index contributed by atoms with van der Waals surface area (Å²) in [5.41, 5.74) is 3.28. The van der Waals surface area contributed by atoms with Crippen LogP contribution < -0.4 is 14.3 Å². The minimum Gasteiger partial charge on any atom is -0.486 e. The Balaban J connectivity index is 1.67. The van der Waals surface area contributed by atoms with Crippen molar-refractivity contribution in [2.24, 2.45) is 4.99 Å². The maximum Gasteiger partial charge on any atom is 0.252 e. The summed E-state index contributed by atoms with van der Waals surface area (Å²) in [5.74, 6) is 1.38. The van der Waals surface area contributed by atoms with Crippen LogP contribution in [0.3, 0.4) is 0 Å². The highest BCUT2D eigenvalue weighted by Gasteiger charge is 2.16. The van der Waals surface area contributed by atoms with Crippen molar-refractivity contribution in [3.63, 3.8) is 0 Å². The minimum atomic E-state index is -0.134. The van der Waals surface area contributed by atoms with Crippen molar-refractivity contribution in [1.29, 1.82) is 0 Å². The molecule has 0 saturated heterocycles. The van der Waals surface area contributed by atoms with Gasteiger partial charge in [0.1, 0.15) is 13.2 Å². The van der Waals surface area contributed by atoms with E-state index in [1.54, 1.807) is 0 Å². The molecule has 1 aromatic heterocycles. The largest absolute Gasteiger partial charge is 0.486 e. The predicted octanol–water partition coefficient (Wildman–Crippen LogP) is 3.73. The van der Waals surface area contributed by atoms with E-state index in [2.05, 4.69) is 35.5 Å². The zero-order valence-corrected chi connectivity index (χ0v) is 16.3. The Hall–Kier alpha value is -2.60. The summed E-state index contributed by atoms with van der Waals surface area (Å²) in [4.78, 5) is 17.6. The molecule has 1 aliphatic rings.